The topological polar surface area (TPSA) is 55.2 Å². The van der Waals surface area contributed by atoms with Crippen LogP contribution in [0.3, 0.4) is 0 Å². The van der Waals surface area contributed by atoms with Gasteiger partial charge in [-0.15, -0.1) is 0 Å². The number of aryl methyl sites for hydroxylation is 1. The quantitative estimate of drug-likeness (QED) is 0.675. The van der Waals surface area contributed by atoms with Crippen LogP contribution >= 0.6 is 11.6 Å². The van der Waals surface area contributed by atoms with Gasteiger partial charge in [-0.3, -0.25) is 10.1 Å². The summed E-state index contributed by atoms with van der Waals surface area (Å²) in [5.74, 6) is -0.386. The predicted octanol–water partition coefficient (Wildman–Crippen LogP) is 4.31. The van der Waals surface area contributed by atoms with Crippen molar-refractivity contribution in [1.82, 2.24) is 0 Å². The number of hydrogen-bond acceptors (Lipinski definition) is 3. The van der Waals surface area contributed by atoms with E-state index in [9.17, 15) is 14.5 Å². The number of rotatable bonds is 4. The monoisotopic (exact) mass is 294 g/mol. The minimum absolute atomic E-state index is 0.0551. The van der Waals surface area contributed by atoms with Crippen LogP contribution < -0.4 is 5.32 Å². The van der Waals surface area contributed by atoms with Crippen LogP contribution in [0.25, 0.3) is 0 Å². The Balaban J connectivity index is 2.16. The number of nitrogens with one attached hydrogen (secondary N) is 1. The highest BCUT2D eigenvalue weighted by Crippen LogP contribution is 2.24. The van der Waals surface area contributed by atoms with E-state index in [0.29, 0.717) is 21.8 Å². The Kier molecular flexibility index (Phi) is 4.20. The zero-order valence-electron chi connectivity index (χ0n) is 10.7. The number of hydrogen-bond donors (Lipinski definition) is 1. The minimum atomic E-state index is -0.438. The lowest BCUT2D eigenvalue weighted by atomic mass is 10.1. The van der Waals surface area contributed by atoms with E-state index in [1.54, 1.807) is 25.1 Å². The molecule has 0 aliphatic rings. The van der Waals surface area contributed by atoms with E-state index < -0.39 is 4.92 Å². The molecule has 0 aliphatic heterocycles. The van der Waals surface area contributed by atoms with E-state index in [-0.39, 0.29) is 18.0 Å². The SMILES string of the molecule is Cc1cc(NCc2c(F)cccc2Cl)ccc1[N+](=O)[O-]. The van der Waals surface area contributed by atoms with Gasteiger partial charge in [-0.05, 0) is 31.2 Å². The largest absolute Gasteiger partial charge is 0.381 e. The lowest BCUT2D eigenvalue weighted by molar-refractivity contribution is -0.385. The molecule has 104 valence electrons. The summed E-state index contributed by atoms with van der Waals surface area (Å²) < 4.78 is 13.6. The smallest absolute Gasteiger partial charge is 0.272 e. The van der Waals surface area contributed by atoms with Crippen LogP contribution in [0, 0.1) is 22.9 Å². The molecule has 0 atom stereocenters. The molecular formula is C14H12ClFN2O2. The fourth-order valence-electron chi connectivity index (χ4n) is 1.86. The maximum Gasteiger partial charge on any atom is 0.272 e. The summed E-state index contributed by atoms with van der Waals surface area (Å²) in [5.41, 5.74) is 1.64. The van der Waals surface area contributed by atoms with E-state index in [2.05, 4.69) is 5.32 Å². The molecule has 0 aliphatic carbocycles. The molecule has 0 saturated carbocycles. The molecule has 2 rings (SSSR count). The summed E-state index contributed by atoms with van der Waals surface area (Å²) in [5, 5.41) is 14.1. The Morgan fingerprint density at radius 1 is 1.35 bits per heavy atom. The second-order valence-corrected chi connectivity index (χ2v) is 4.72. The first kappa shape index (κ1) is 14.3. The Morgan fingerprint density at radius 2 is 2.10 bits per heavy atom. The number of benzene rings is 2. The van der Waals surface area contributed by atoms with Crippen LogP contribution in [-0.4, -0.2) is 4.92 Å². The highest BCUT2D eigenvalue weighted by atomic mass is 35.5. The summed E-state index contributed by atoms with van der Waals surface area (Å²) in [6.07, 6.45) is 0. The molecule has 0 heterocycles. The Bertz CT molecular complexity index is 641. The van der Waals surface area contributed by atoms with Crippen LogP contribution in [-0.2, 0) is 6.54 Å². The summed E-state index contributed by atoms with van der Waals surface area (Å²) >= 11 is 5.92. The van der Waals surface area contributed by atoms with Crippen molar-refractivity contribution in [3.8, 4) is 0 Å². The van der Waals surface area contributed by atoms with Gasteiger partial charge in [-0.1, -0.05) is 17.7 Å². The van der Waals surface area contributed by atoms with E-state index in [0.717, 1.165) is 0 Å². The van der Waals surface area contributed by atoms with Crippen LogP contribution in [0.4, 0.5) is 15.8 Å². The van der Waals surface area contributed by atoms with E-state index in [1.165, 1.54) is 18.2 Å². The van der Waals surface area contributed by atoms with Gasteiger partial charge in [0, 0.05) is 34.4 Å². The molecule has 20 heavy (non-hydrogen) atoms. The standard InChI is InChI=1S/C14H12ClFN2O2/c1-9-7-10(5-6-14(9)18(19)20)17-8-11-12(15)3-2-4-13(11)16/h2-7,17H,8H2,1H3. The first-order valence-electron chi connectivity index (χ1n) is 5.91. The summed E-state index contributed by atoms with van der Waals surface area (Å²) in [4.78, 5) is 10.3. The molecule has 2 aromatic rings. The predicted molar refractivity (Wildman–Crippen MR) is 76.6 cm³/mol. The molecular weight excluding hydrogens is 283 g/mol. The molecule has 2 aromatic carbocycles. The third-order valence-electron chi connectivity index (χ3n) is 2.92. The van der Waals surface area contributed by atoms with Crippen molar-refractivity contribution in [2.24, 2.45) is 0 Å². The Hall–Kier alpha value is -2.14. The van der Waals surface area contributed by atoms with Crippen molar-refractivity contribution in [1.29, 1.82) is 0 Å². The summed E-state index contributed by atoms with van der Waals surface area (Å²) in [6, 6.07) is 9.14. The van der Waals surface area contributed by atoms with Crippen molar-refractivity contribution in [3.63, 3.8) is 0 Å². The maximum atomic E-state index is 13.6. The molecule has 0 unspecified atom stereocenters. The first-order chi connectivity index (χ1) is 9.49. The number of halogens is 2. The molecule has 0 radical (unpaired) electrons. The third kappa shape index (κ3) is 3.05. The second kappa shape index (κ2) is 5.88. The minimum Gasteiger partial charge on any atom is -0.381 e. The van der Waals surface area contributed by atoms with Crippen LogP contribution in [0.2, 0.25) is 5.02 Å². The van der Waals surface area contributed by atoms with Gasteiger partial charge in [0.05, 0.1) is 4.92 Å². The van der Waals surface area contributed by atoms with Gasteiger partial charge in [-0.2, -0.15) is 0 Å². The molecule has 0 spiro atoms. The third-order valence-corrected chi connectivity index (χ3v) is 3.28. The average Bonchev–Trinajstić information content (AvgIpc) is 2.37. The van der Waals surface area contributed by atoms with Crippen molar-refractivity contribution < 1.29 is 9.31 Å². The fraction of sp³-hybridized carbons (Fsp3) is 0.143. The molecule has 0 saturated heterocycles. The number of anilines is 1. The highest BCUT2D eigenvalue weighted by Gasteiger charge is 2.11. The molecule has 4 nitrogen and oxygen atoms in total. The van der Waals surface area contributed by atoms with Crippen LogP contribution in [0.15, 0.2) is 36.4 Å². The van der Waals surface area contributed by atoms with Gasteiger partial charge in [0.15, 0.2) is 0 Å². The normalized spacial score (nSPS) is 10.3. The van der Waals surface area contributed by atoms with Gasteiger partial charge in [0.2, 0.25) is 0 Å². The van der Waals surface area contributed by atoms with Gasteiger partial charge in [-0.25, -0.2) is 4.39 Å². The zero-order valence-corrected chi connectivity index (χ0v) is 11.4. The molecule has 0 amide bonds. The van der Waals surface area contributed by atoms with Crippen molar-refractivity contribution in [3.05, 3.63) is 68.5 Å². The van der Waals surface area contributed by atoms with Crippen molar-refractivity contribution in [2.45, 2.75) is 13.5 Å². The molecule has 0 aromatic heterocycles. The average molecular weight is 295 g/mol. The van der Waals surface area contributed by atoms with Gasteiger partial charge >= 0.3 is 0 Å². The summed E-state index contributed by atoms with van der Waals surface area (Å²) in [7, 11) is 0. The molecule has 0 fully saturated rings. The Morgan fingerprint density at radius 3 is 2.70 bits per heavy atom. The van der Waals surface area contributed by atoms with Crippen LogP contribution in [0.5, 0.6) is 0 Å². The van der Waals surface area contributed by atoms with Gasteiger partial charge < -0.3 is 5.32 Å². The lowest BCUT2D eigenvalue weighted by Gasteiger charge is -2.09. The van der Waals surface area contributed by atoms with Crippen molar-refractivity contribution >= 4 is 23.0 Å². The first-order valence-corrected chi connectivity index (χ1v) is 6.28. The van der Waals surface area contributed by atoms with E-state index >= 15 is 0 Å². The lowest BCUT2D eigenvalue weighted by Crippen LogP contribution is -2.03. The fourth-order valence-corrected chi connectivity index (χ4v) is 2.09. The Labute approximate surface area is 120 Å². The zero-order chi connectivity index (χ0) is 14.7. The highest BCUT2D eigenvalue weighted by molar-refractivity contribution is 6.31. The van der Waals surface area contributed by atoms with Gasteiger partial charge in [0.25, 0.3) is 5.69 Å². The maximum absolute atomic E-state index is 13.6. The number of nitro groups is 1. The summed E-state index contributed by atoms with van der Waals surface area (Å²) in [6.45, 7) is 1.86. The van der Waals surface area contributed by atoms with Crippen molar-refractivity contribution in [2.75, 3.05) is 5.32 Å². The number of nitrogens with zero attached hydrogens (tertiary/aromatic N) is 1. The second-order valence-electron chi connectivity index (χ2n) is 4.31. The molecule has 0 bridgehead atoms. The molecule has 6 heteroatoms. The van der Waals surface area contributed by atoms with E-state index in [4.69, 9.17) is 11.6 Å². The number of nitro benzene ring substituents is 1. The van der Waals surface area contributed by atoms with Crippen LogP contribution in [0.1, 0.15) is 11.1 Å². The van der Waals surface area contributed by atoms with Gasteiger partial charge in [0.1, 0.15) is 5.82 Å². The molecule has 1 N–H and O–H groups in total. The van der Waals surface area contributed by atoms with E-state index in [1.807, 2.05) is 0 Å².